The fraction of sp³-hybridized carbons (Fsp3) is 0.115. The lowest BCUT2D eigenvalue weighted by molar-refractivity contribution is 0.103. The Morgan fingerprint density at radius 1 is 1.03 bits per heavy atom. The maximum Gasteiger partial charge on any atom is 0.188 e. The van der Waals surface area contributed by atoms with Crippen LogP contribution in [0.5, 0.6) is 5.75 Å². The molecule has 3 aromatic rings. The molecule has 1 N–H and O–H groups in total. The molecule has 3 nitrogen and oxygen atoms in total. The number of hydrogen-bond acceptors (Lipinski definition) is 4. The maximum absolute atomic E-state index is 12.3. The van der Waals surface area contributed by atoms with Crippen LogP contribution < -0.4 is 10.1 Å². The molecule has 0 amide bonds. The summed E-state index contributed by atoms with van der Waals surface area (Å²) in [6.45, 7) is 9.39. The first-order valence-corrected chi connectivity index (χ1v) is 10.6. The van der Waals surface area contributed by atoms with E-state index < -0.39 is 0 Å². The van der Waals surface area contributed by atoms with Gasteiger partial charge in [0.15, 0.2) is 5.78 Å². The number of benzene rings is 3. The molecule has 0 aliphatic carbocycles. The van der Waals surface area contributed by atoms with Crippen LogP contribution in [-0.2, 0) is 0 Å². The van der Waals surface area contributed by atoms with E-state index in [4.69, 9.17) is 4.74 Å². The van der Waals surface area contributed by atoms with Gasteiger partial charge in [0.1, 0.15) is 17.0 Å². The molecule has 1 aliphatic rings. The molecular formula is C26H23NO2S. The molecule has 30 heavy (non-hydrogen) atoms. The standard InChI is InChI=1S/C26H23NO2S/c1-16(2)26(28)22-11-12-24(18(4)17(22)3)29-14-25-27-23(15-30-25)21-10-9-19-7-5-6-8-20(19)13-21/h5-15,27H,1H2,2-4H3/b25-14+. The van der Waals surface area contributed by atoms with Crippen LogP contribution in [0.1, 0.15) is 34.0 Å². The molecule has 0 fully saturated rings. The minimum absolute atomic E-state index is 0.0299. The van der Waals surface area contributed by atoms with Crippen molar-refractivity contribution in [3.05, 3.63) is 106 Å². The molecule has 0 unspecified atom stereocenters. The zero-order valence-corrected chi connectivity index (χ0v) is 18.1. The van der Waals surface area contributed by atoms with E-state index in [0.717, 1.165) is 33.2 Å². The molecule has 150 valence electrons. The van der Waals surface area contributed by atoms with Crippen molar-refractivity contribution < 1.29 is 9.53 Å². The highest BCUT2D eigenvalue weighted by atomic mass is 32.2. The van der Waals surface area contributed by atoms with Crippen molar-refractivity contribution in [1.29, 1.82) is 0 Å². The summed E-state index contributed by atoms with van der Waals surface area (Å²) in [4.78, 5) is 12.3. The van der Waals surface area contributed by atoms with Gasteiger partial charge in [0.25, 0.3) is 0 Å². The van der Waals surface area contributed by atoms with Gasteiger partial charge >= 0.3 is 0 Å². The average Bonchev–Trinajstić information content (AvgIpc) is 3.23. The predicted octanol–water partition coefficient (Wildman–Crippen LogP) is 6.73. The third-order valence-electron chi connectivity index (χ3n) is 5.28. The second kappa shape index (κ2) is 8.25. The smallest absolute Gasteiger partial charge is 0.188 e. The highest BCUT2D eigenvalue weighted by Crippen LogP contribution is 2.32. The van der Waals surface area contributed by atoms with E-state index in [2.05, 4.69) is 53.7 Å². The number of thioether (sulfide) groups is 1. The van der Waals surface area contributed by atoms with Crippen molar-refractivity contribution in [3.63, 3.8) is 0 Å². The van der Waals surface area contributed by atoms with Gasteiger partial charge in [-0.25, -0.2) is 0 Å². The summed E-state index contributed by atoms with van der Waals surface area (Å²) in [6, 6.07) is 18.4. The number of allylic oxidation sites excluding steroid dienone is 1. The quantitative estimate of drug-likeness (QED) is 0.286. The number of ether oxygens (including phenoxy) is 1. The number of fused-ring (bicyclic) bond motifs is 1. The number of carbonyl (C=O) groups excluding carboxylic acids is 1. The minimum atomic E-state index is -0.0299. The van der Waals surface area contributed by atoms with Crippen LogP contribution in [0, 0.1) is 13.8 Å². The van der Waals surface area contributed by atoms with Crippen molar-refractivity contribution in [2.45, 2.75) is 20.8 Å². The summed E-state index contributed by atoms with van der Waals surface area (Å²) < 4.78 is 5.94. The fourth-order valence-electron chi connectivity index (χ4n) is 3.38. The van der Waals surface area contributed by atoms with Gasteiger partial charge in [-0.1, -0.05) is 54.7 Å². The Bertz CT molecular complexity index is 1240. The van der Waals surface area contributed by atoms with E-state index in [1.807, 2.05) is 26.0 Å². The molecule has 3 aromatic carbocycles. The highest BCUT2D eigenvalue weighted by Gasteiger charge is 2.15. The molecular weight excluding hydrogens is 390 g/mol. The first kappa shape index (κ1) is 20.0. The van der Waals surface area contributed by atoms with Crippen LogP contribution >= 0.6 is 11.8 Å². The van der Waals surface area contributed by atoms with Crippen LogP contribution in [0.2, 0.25) is 0 Å². The van der Waals surface area contributed by atoms with Gasteiger partial charge < -0.3 is 10.1 Å². The van der Waals surface area contributed by atoms with E-state index >= 15 is 0 Å². The number of hydrogen-bond donors (Lipinski definition) is 1. The summed E-state index contributed by atoms with van der Waals surface area (Å²) >= 11 is 1.59. The predicted molar refractivity (Wildman–Crippen MR) is 126 cm³/mol. The highest BCUT2D eigenvalue weighted by molar-refractivity contribution is 8.06. The third kappa shape index (κ3) is 3.91. The van der Waals surface area contributed by atoms with Crippen LogP contribution in [0.4, 0.5) is 0 Å². The molecule has 0 radical (unpaired) electrons. The monoisotopic (exact) mass is 413 g/mol. The topological polar surface area (TPSA) is 38.3 Å². The molecule has 0 saturated heterocycles. The van der Waals surface area contributed by atoms with Gasteiger partial charge in [0, 0.05) is 11.0 Å². The van der Waals surface area contributed by atoms with Crippen LogP contribution in [0.15, 0.2) is 83.4 Å². The van der Waals surface area contributed by atoms with Crippen molar-refractivity contribution in [3.8, 4) is 5.75 Å². The van der Waals surface area contributed by atoms with Crippen molar-refractivity contribution in [1.82, 2.24) is 5.32 Å². The van der Waals surface area contributed by atoms with E-state index in [0.29, 0.717) is 11.1 Å². The number of carbonyl (C=O) groups is 1. The molecule has 0 bridgehead atoms. The summed E-state index contributed by atoms with van der Waals surface area (Å²) in [5.74, 6) is 0.706. The van der Waals surface area contributed by atoms with Crippen LogP contribution in [-0.4, -0.2) is 5.78 Å². The van der Waals surface area contributed by atoms with Crippen molar-refractivity contribution in [2.24, 2.45) is 0 Å². The number of Topliss-reactive ketones (excluding diaryl/α,β-unsaturated/α-hetero) is 1. The van der Waals surface area contributed by atoms with Crippen molar-refractivity contribution >= 4 is 34.0 Å². The van der Waals surface area contributed by atoms with Crippen LogP contribution in [0.25, 0.3) is 16.5 Å². The molecule has 1 heterocycles. The molecule has 0 saturated carbocycles. The second-order valence-corrected chi connectivity index (χ2v) is 8.32. The minimum Gasteiger partial charge on any atom is -0.462 e. The zero-order chi connectivity index (χ0) is 21.3. The summed E-state index contributed by atoms with van der Waals surface area (Å²) in [5, 5.41) is 8.86. The molecule has 0 spiro atoms. The molecule has 4 rings (SSSR count). The van der Waals surface area contributed by atoms with Crippen molar-refractivity contribution in [2.75, 3.05) is 0 Å². The third-order valence-corrected chi connectivity index (χ3v) is 6.09. The molecule has 0 atom stereocenters. The zero-order valence-electron chi connectivity index (χ0n) is 17.3. The largest absolute Gasteiger partial charge is 0.462 e. The van der Waals surface area contributed by atoms with Gasteiger partial charge in [-0.2, -0.15) is 0 Å². The fourth-order valence-corrected chi connectivity index (χ4v) is 4.10. The Kier molecular flexibility index (Phi) is 5.51. The van der Waals surface area contributed by atoms with E-state index in [-0.39, 0.29) is 5.78 Å². The second-order valence-electron chi connectivity index (χ2n) is 7.41. The molecule has 0 aromatic heterocycles. The van der Waals surface area contributed by atoms with E-state index in [1.54, 1.807) is 31.0 Å². The van der Waals surface area contributed by atoms with Gasteiger partial charge in [-0.3, -0.25) is 4.79 Å². The van der Waals surface area contributed by atoms with Gasteiger partial charge in [-0.15, -0.1) is 0 Å². The Balaban J connectivity index is 1.49. The SMILES string of the molecule is C=C(C)C(=O)c1ccc(O/C=C2\NC(c3ccc4ccccc4c3)=CS2)c(C)c1C. The maximum atomic E-state index is 12.3. The average molecular weight is 414 g/mol. The summed E-state index contributed by atoms with van der Waals surface area (Å²) in [7, 11) is 0. The lowest BCUT2D eigenvalue weighted by Gasteiger charge is -2.12. The number of ketones is 1. The summed E-state index contributed by atoms with van der Waals surface area (Å²) in [6.07, 6.45) is 1.72. The molecule has 1 aliphatic heterocycles. The van der Waals surface area contributed by atoms with E-state index in [1.165, 1.54) is 10.8 Å². The summed E-state index contributed by atoms with van der Waals surface area (Å²) in [5.41, 5.74) is 5.27. The first-order valence-electron chi connectivity index (χ1n) is 9.74. The Labute approximate surface area is 181 Å². The Morgan fingerprint density at radius 3 is 2.57 bits per heavy atom. The number of rotatable bonds is 5. The number of nitrogens with one attached hydrogen (secondary N) is 1. The normalized spacial score (nSPS) is 14.5. The lowest BCUT2D eigenvalue weighted by atomic mass is 9.96. The van der Waals surface area contributed by atoms with E-state index in [9.17, 15) is 4.79 Å². The Hall–Kier alpha value is -3.24. The first-order chi connectivity index (χ1) is 14.4. The van der Waals surface area contributed by atoms with Crippen LogP contribution in [0.3, 0.4) is 0 Å². The molecule has 4 heteroatoms. The lowest BCUT2D eigenvalue weighted by Crippen LogP contribution is -2.06. The van der Waals surface area contributed by atoms with Gasteiger partial charge in [-0.05, 0) is 72.0 Å². The Morgan fingerprint density at radius 2 is 1.80 bits per heavy atom. The van der Waals surface area contributed by atoms with Gasteiger partial charge in [0.05, 0.1) is 5.70 Å². The van der Waals surface area contributed by atoms with Gasteiger partial charge in [0.2, 0.25) is 0 Å².